The summed E-state index contributed by atoms with van der Waals surface area (Å²) < 4.78 is 0. The zero-order valence-corrected chi connectivity index (χ0v) is 8.30. The van der Waals surface area contributed by atoms with Crippen molar-refractivity contribution in [2.24, 2.45) is 10.8 Å². The Hall–Kier alpha value is -1.95. The average molecular weight is 208 g/mol. The molecule has 0 saturated carbocycles. The van der Waals surface area contributed by atoms with Crippen molar-refractivity contribution in [3.63, 3.8) is 0 Å². The molecule has 0 radical (unpaired) electrons. The molecule has 1 aromatic rings. The lowest BCUT2D eigenvalue weighted by Crippen LogP contribution is -2.35. The molecule has 0 heterocycles. The summed E-state index contributed by atoms with van der Waals surface area (Å²) in [4.78, 5) is 13.7. The predicted molar refractivity (Wildman–Crippen MR) is 57.5 cm³/mol. The molecule has 0 aliphatic heterocycles. The molecular weight excluding hydrogens is 196 g/mol. The van der Waals surface area contributed by atoms with Crippen LogP contribution in [0.1, 0.15) is 5.56 Å². The van der Waals surface area contributed by atoms with Crippen molar-refractivity contribution in [3.05, 3.63) is 39.9 Å². The molecule has 0 bridgehead atoms. The molecule has 80 valence electrons. The van der Waals surface area contributed by atoms with Gasteiger partial charge in [-0.2, -0.15) is 0 Å². The van der Waals surface area contributed by atoms with Gasteiger partial charge in [0.1, 0.15) is 0 Å². The lowest BCUT2D eigenvalue weighted by atomic mass is 10.2. The number of hydrazine groups is 1. The number of nitrogens with one attached hydrogen (secondary N) is 1. The molecule has 6 nitrogen and oxygen atoms in total. The highest BCUT2D eigenvalue weighted by Crippen LogP contribution is 2.12. The lowest BCUT2D eigenvalue weighted by molar-refractivity contribution is -0.463. The summed E-state index contributed by atoms with van der Waals surface area (Å²) in [6.07, 6.45) is 0. The van der Waals surface area contributed by atoms with Crippen LogP contribution in [0.15, 0.2) is 29.3 Å². The highest BCUT2D eigenvalue weighted by Gasteiger charge is 2.05. The normalized spacial score (nSPS) is 11.2. The summed E-state index contributed by atoms with van der Waals surface area (Å²) in [5.41, 5.74) is 3.94. The SMILES string of the molecule is Cc1ccc(N=C(C[N+](=O)[O-])NN)cc1. The summed E-state index contributed by atoms with van der Waals surface area (Å²) in [6.45, 7) is 1.54. The lowest BCUT2D eigenvalue weighted by Gasteiger charge is -2.00. The number of rotatable bonds is 3. The van der Waals surface area contributed by atoms with Crippen LogP contribution < -0.4 is 11.3 Å². The largest absolute Gasteiger partial charge is 0.306 e. The Morgan fingerprint density at radius 1 is 1.53 bits per heavy atom. The van der Waals surface area contributed by atoms with Gasteiger partial charge in [-0.25, -0.2) is 10.8 Å². The topological polar surface area (TPSA) is 93.5 Å². The van der Waals surface area contributed by atoms with Crippen LogP contribution in [-0.4, -0.2) is 17.3 Å². The second kappa shape index (κ2) is 5.06. The van der Waals surface area contributed by atoms with E-state index in [9.17, 15) is 10.1 Å². The quantitative estimate of drug-likeness (QED) is 0.252. The van der Waals surface area contributed by atoms with Crippen molar-refractivity contribution in [1.82, 2.24) is 5.43 Å². The van der Waals surface area contributed by atoms with Crippen molar-refractivity contribution in [2.75, 3.05) is 6.54 Å². The molecule has 0 aliphatic rings. The minimum Gasteiger partial charge on any atom is -0.306 e. The second-order valence-electron chi connectivity index (χ2n) is 3.03. The number of benzene rings is 1. The molecule has 0 saturated heterocycles. The molecule has 0 amide bonds. The maximum Gasteiger partial charge on any atom is 0.261 e. The number of nitro groups is 1. The Morgan fingerprint density at radius 3 is 2.60 bits per heavy atom. The molecule has 15 heavy (non-hydrogen) atoms. The molecule has 3 N–H and O–H groups in total. The molecule has 0 aliphatic carbocycles. The summed E-state index contributed by atoms with van der Waals surface area (Å²) >= 11 is 0. The fourth-order valence-electron chi connectivity index (χ4n) is 1.01. The van der Waals surface area contributed by atoms with E-state index < -0.39 is 11.5 Å². The van der Waals surface area contributed by atoms with E-state index in [1.807, 2.05) is 19.1 Å². The number of amidine groups is 1. The first-order chi connectivity index (χ1) is 7.11. The molecule has 6 heteroatoms. The van der Waals surface area contributed by atoms with Gasteiger partial charge in [0.15, 0.2) is 5.84 Å². The molecule has 0 aromatic heterocycles. The molecule has 0 spiro atoms. The van der Waals surface area contributed by atoms with E-state index >= 15 is 0 Å². The zero-order chi connectivity index (χ0) is 11.3. The number of nitrogens with two attached hydrogens (primary N) is 1. The summed E-state index contributed by atoms with van der Waals surface area (Å²) in [5.74, 6) is 5.24. The summed E-state index contributed by atoms with van der Waals surface area (Å²) in [6, 6.07) is 7.29. The van der Waals surface area contributed by atoms with Gasteiger partial charge < -0.3 is 5.43 Å². The van der Waals surface area contributed by atoms with Crippen LogP contribution in [0.2, 0.25) is 0 Å². The maximum absolute atomic E-state index is 10.2. The van der Waals surface area contributed by atoms with Crippen molar-refractivity contribution >= 4 is 11.5 Å². The Balaban J connectivity index is 2.83. The Labute approximate surface area is 86.9 Å². The minimum absolute atomic E-state index is 0.129. The van der Waals surface area contributed by atoms with Crippen LogP contribution in [-0.2, 0) is 0 Å². The van der Waals surface area contributed by atoms with E-state index in [0.29, 0.717) is 5.69 Å². The fraction of sp³-hybridized carbons (Fsp3) is 0.222. The number of nitrogens with zero attached hydrogens (tertiary/aromatic N) is 2. The number of hydrogen-bond acceptors (Lipinski definition) is 4. The molecule has 0 fully saturated rings. The van der Waals surface area contributed by atoms with E-state index in [0.717, 1.165) is 5.56 Å². The van der Waals surface area contributed by atoms with E-state index in [2.05, 4.69) is 10.4 Å². The van der Waals surface area contributed by atoms with Crippen LogP contribution in [0.3, 0.4) is 0 Å². The van der Waals surface area contributed by atoms with E-state index in [-0.39, 0.29) is 5.84 Å². The maximum atomic E-state index is 10.2. The molecular formula is C9H12N4O2. The van der Waals surface area contributed by atoms with Gasteiger partial charge in [0.2, 0.25) is 0 Å². The summed E-state index contributed by atoms with van der Waals surface area (Å²) in [7, 11) is 0. The molecule has 1 rings (SSSR count). The smallest absolute Gasteiger partial charge is 0.261 e. The van der Waals surface area contributed by atoms with Crippen molar-refractivity contribution in [1.29, 1.82) is 0 Å². The second-order valence-corrected chi connectivity index (χ2v) is 3.03. The third kappa shape index (κ3) is 3.74. The third-order valence-corrected chi connectivity index (χ3v) is 1.74. The van der Waals surface area contributed by atoms with Gasteiger partial charge in [-0.05, 0) is 19.1 Å². The van der Waals surface area contributed by atoms with E-state index in [1.54, 1.807) is 12.1 Å². The van der Waals surface area contributed by atoms with E-state index in [4.69, 9.17) is 5.84 Å². The highest BCUT2D eigenvalue weighted by atomic mass is 16.6. The van der Waals surface area contributed by atoms with Crippen molar-refractivity contribution < 1.29 is 4.92 Å². The van der Waals surface area contributed by atoms with Crippen molar-refractivity contribution in [2.45, 2.75) is 6.92 Å². The molecule has 1 aromatic carbocycles. The standard InChI is InChI=1S/C9H12N4O2/c1-7-2-4-8(5-3-7)11-9(12-10)6-13(14)15/h2-5H,6,10H2,1H3,(H,11,12). The number of hydrogen-bond donors (Lipinski definition) is 2. The van der Waals surface area contributed by atoms with Crippen molar-refractivity contribution in [3.8, 4) is 0 Å². The van der Waals surface area contributed by atoms with Gasteiger partial charge in [-0.3, -0.25) is 10.1 Å². The number of aliphatic imine (C=N–C) groups is 1. The van der Waals surface area contributed by atoms with Gasteiger partial charge in [-0.1, -0.05) is 17.7 Å². The Kier molecular flexibility index (Phi) is 3.75. The molecule has 0 unspecified atom stereocenters. The first kappa shape index (κ1) is 11.1. The number of aryl methyl sites for hydroxylation is 1. The van der Waals surface area contributed by atoms with E-state index in [1.165, 1.54) is 0 Å². The monoisotopic (exact) mass is 208 g/mol. The minimum atomic E-state index is -0.493. The average Bonchev–Trinajstić information content (AvgIpc) is 2.19. The highest BCUT2D eigenvalue weighted by molar-refractivity contribution is 5.85. The van der Waals surface area contributed by atoms with Crippen LogP contribution in [0.25, 0.3) is 0 Å². The molecule has 0 atom stereocenters. The van der Waals surface area contributed by atoms with Gasteiger partial charge >= 0.3 is 0 Å². The Bertz CT molecular complexity index is 372. The van der Waals surface area contributed by atoms with Crippen LogP contribution in [0.5, 0.6) is 0 Å². The van der Waals surface area contributed by atoms with Gasteiger partial charge in [-0.15, -0.1) is 0 Å². The predicted octanol–water partition coefficient (Wildman–Crippen LogP) is 0.765. The van der Waals surface area contributed by atoms with Crippen LogP contribution in [0, 0.1) is 17.0 Å². The third-order valence-electron chi connectivity index (χ3n) is 1.74. The van der Waals surface area contributed by atoms with Crippen LogP contribution >= 0.6 is 0 Å². The zero-order valence-electron chi connectivity index (χ0n) is 8.30. The first-order valence-electron chi connectivity index (χ1n) is 4.34. The Morgan fingerprint density at radius 2 is 2.13 bits per heavy atom. The summed E-state index contributed by atoms with van der Waals surface area (Å²) in [5, 5.41) is 10.2. The first-order valence-corrected chi connectivity index (χ1v) is 4.34. The van der Waals surface area contributed by atoms with Gasteiger partial charge in [0, 0.05) is 4.92 Å². The van der Waals surface area contributed by atoms with Gasteiger partial charge in [0.25, 0.3) is 6.54 Å². The fourth-order valence-corrected chi connectivity index (χ4v) is 1.01. The van der Waals surface area contributed by atoms with Gasteiger partial charge in [0.05, 0.1) is 5.69 Å². The van der Waals surface area contributed by atoms with Crippen LogP contribution in [0.4, 0.5) is 5.69 Å².